The minimum absolute atomic E-state index is 0.567. The number of hydrogen-bond donors (Lipinski definition) is 0. The van der Waals surface area contributed by atoms with E-state index in [1.165, 1.54) is 5.39 Å². The van der Waals surface area contributed by atoms with Gasteiger partial charge in [-0.2, -0.15) is 0 Å². The summed E-state index contributed by atoms with van der Waals surface area (Å²) >= 11 is 0. The van der Waals surface area contributed by atoms with E-state index in [0.29, 0.717) is 0 Å². The molecule has 0 amide bonds. The fourth-order valence-corrected chi connectivity index (χ4v) is 2.73. The first-order chi connectivity index (χ1) is 8.38. The molecule has 0 fully saturated rings. The Hall–Kier alpha value is -1.96. The molecule has 0 spiro atoms. The average molecular weight is 239 g/mol. The van der Waals surface area contributed by atoms with Crippen LogP contribution in [0.3, 0.4) is 0 Å². The van der Waals surface area contributed by atoms with Gasteiger partial charge in [0.15, 0.2) is 5.23 Å². The van der Waals surface area contributed by atoms with Crippen LogP contribution in [0.2, 0.25) is 0 Å². The van der Waals surface area contributed by atoms with Crippen LogP contribution in [-0.4, -0.2) is 10.8 Å². The summed E-state index contributed by atoms with van der Waals surface area (Å²) in [6, 6.07) is 14.3. The lowest BCUT2D eigenvalue weighted by atomic mass is 10.0. The Kier molecular flexibility index (Phi) is 2.48. The molecule has 82 valence electrons. The van der Waals surface area contributed by atoms with Crippen LogP contribution >= 0.6 is 10.5 Å². The predicted molar refractivity (Wildman–Crippen MR) is 73.7 cm³/mol. The van der Waals surface area contributed by atoms with Crippen LogP contribution in [0.4, 0.5) is 0 Å². The number of carbonyl (C=O) groups excluding carboxylic acids is 1. The van der Waals surface area contributed by atoms with E-state index in [1.54, 1.807) is 5.55 Å². The lowest BCUT2D eigenvalue weighted by Gasteiger charge is -2.04. The van der Waals surface area contributed by atoms with Gasteiger partial charge in [0.25, 0.3) is 0 Å². The molecule has 0 aromatic heterocycles. The number of rotatable bonds is 1. The number of benzene rings is 2. The van der Waals surface area contributed by atoms with Crippen LogP contribution < -0.4 is 0 Å². The Bertz CT molecular complexity index is 704. The maximum Gasteiger partial charge on any atom is 0.165 e. The minimum Gasteiger partial charge on any atom is -0.248 e. The fourth-order valence-electron chi connectivity index (χ4n) is 1.92. The van der Waals surface area contributed by atoms with Crippen molar-refractivity contribution in [3.8, 4) is 0 Å². The maximum absolute atomic E-state index is 10.6. The molecule has 1 unspecified atom stereocenters. The Balaban J connectivity index is 2.26. The second-order valence-corrected chi connectivity index (χ2v) is 5.08. The summed E-state index contributed by atoms with van der Waals surface area (Å²) in [4.78, 5) is 14.9. The van der Waals surface area contributed by atoms with E-state index in [2.05, 4.69) is 23.2 Å². The summed E-state index contributed by atoms with van der Waals surface area (Å²) in [7, 11) is -0.567. The molecule has 0 bridgehead atoms. The molecular formula is C14H9NOS. The van der Waals surface area contributed by atoms with Crippen LogP contribution in [0, 0.1) is 0 Å². The molecule has 1 atom stereocenters. The van der Waals surface area contributed by atoms with Gasteiger partial charge >= 0.3 is 0 Å². The zero-order chi connectivity index (χ0) is 11.7. The topological polar surface area (TPSA) is 29.4 Å². The van der Waals surface area contributed by atoms with Crippen molar-refractivity contribution < 1.29 is 4.79 Å². The van der Waals surface area contributed by atoms with Crippen molar-refractivity contribution in [2.75, 3.05) is 0 Å². The van der Waals surface area contributed by atoms with Gasteiger partial charge in [-0.3, -0.25) is 0 Å². The second-order valence-electron chi connectivity index (χ2n) is 3.72. The molecule has 3 heteroatoms. The van der Waals surface area contributed by atoms with Gasteiger partial charge in [-0.1, -0.05) is 42.5 Å². The quantitative estimate of drug-likeness (QED) is 0.700. The van der Waals surface area contributed by atoms with Crippen molar-refractivity contribution in [3.63, 3.8) is 0 Å². The Morgan fingerprint density at radius 3 is 2.71 bits per heavy atom. The lowest BCUT2D eigenvalue weighted by Crippen LogP contribution is -1.82. The number of aliphatic imine (C=N–C) groups is 1. The zero-order valence-corrected chi connectivity index (χ0v) is 9.78. The van der Waals surface area contributed by atoms with Crippen molar-refractivity contribution >= 4 is 37.7 Å². The highest BCUT2D eigenvalue weighted by molar-refractivity contribution is 8.28. The Labute approximate surface area is 101 Å². The average Bonchev–Trinajstić information content (AvgIpc) is 2.87. The normalized spacial score (nSPS) is 18.1. The van der Waals surface area contributed by atoms with E-state index in [9.17, 15) is 4.79 Å². The van der Waals surface area contributed by atoms with E-state index in [0.717, 1.165) is 16.6 Å². The molecule has 17 heavy (non-hydrogen) atoms. The molecule has 1 aliphatic rings. The molecule has 0 aliphatic carbocycles. The third-order valence-corrected chi connectivity index (χ3v) is 3.71. The van der Waals surface area contributed by atoms with E-state index < -0.39 is 10.5 Å². The zero-order valence-electron chi connectivity index (χ0n) is 8.96. The van der Waals surface area contributed by atoms with Crippen LogP contribution in [0.15, 0.2) is 52.9 Å². The second kappa shape index (κ2) is 4.13. The lowest BCUT2D eigenvalue weighted by molar-refractivity contribution is 0.572. The van der Waals surface area contributed by atoms with Crippen molar-refractivity contribution in [3.05, 3.63) is 53.4 Å². The third kappa shape index (κ3) is 1.76. The summed E-state index contributed by atoms with van der Waals surface area (Å²) in [5.41, 5.74) is 3.60. The van der Waals surface area contributed by atoms with Gasteiger partial charge < -0.3 is 0 Å². The summed E-state index contributed by atoms with van der Waals surface area (Å²) in [6.45, 7) is 0. The van der Waals surface area contributed by atoms with Gasteiger partial charge in [0.2, 0.25) is 0 Å². The molecule has 0 N–H and O–H groups in total. The molecule has 0 radical (unpaired) electrons. The molecule has 1 heterocycles. The largest absolute Gasteiger partial charge is 0.248 e. The first-order valence-electron chi connectivity index (χ1n) is 5.22. The molecular weight excluding hydrogens is 230 g/mol. The third-order valence-electron chi connectivity index (χ3n) is 2.71. The van der Waals surface area contributed by atoms with Crippen LogP contribution in [0.25, 0.3) is 16.5 Å². The number of fused-ring (bicyclic) bond motifs is 1. The maximum atomic E-state index is 10.6. The minimum atomic E-state index is -0.567. The molecule has 0 saturated carbocycles. The summed E-state index contributed by atoms with van der Waals surface area (Å²) < 4.78 is 0. The smallest absolute Gasteiger partial charge is 0.165 e. The monoisotopic (exact) mass is 239 g/mol. The fraction of sp³-hybridized carbons (Fsp3) is 0. The van der Waals surface area contributed by atoms with Crippen molar-refractivity contribution in [1.29, 1.82) is 0 Å². The standard InChI is InChI=1S/C14H9NOS/c16-10-17-8-14(15-9-17)13-7-3-5-11-4-1-2-6-12(11)13/h1-9H. The molecule has 2 aromatic carbocycles. The van der Waals surface area contributed by atoms with Crippen molar-refractivity contribution in [2.45, 2.75) is 0 Å². The van der Waals surface area contributed by atoms with Gasteiger partial charge in [0, 0.05) is 11.0 Å². The first-order valence-corrected chi connectivity index (χ1v) is 6.57. The molecule has 2 aromatic rings. The van der Waals surface area contributed by atoms with Crippen LogP contribution in [0.1, 0.15) is 5.56 Å². The Morgan fingerprint density at radius 2 is 1.88 bits per heavy atom. The van der Waals surface area contributed by atoms with Crippen molar-refractivity contribution in [2.24, 2.45) is 4.99 Å². The van der Waals surface area contributed by atoms with Crippen molar-refractivity contribution in [1.82, 2.24) is 0 Å². The van der Waals surface area contributed by atoms with Gasteiger partial charge in [-0.05, 0) is 21.3 Å². The van der Waals surface area contributed by atoms with Gasteiger partial charge in [-0.25, -0.2) is 9.79 Å². The van der Waals surface area contributed by atoms with Gasteiger partial charge in [0.1, 0.15) is 0 Å². The summed E-state index contributed by atoms with van der Waals surface area (Å²) in [5, 5.41) is 6.18. The van der Waals surface area contributed by atoms with Gasteiger partial charge in [-0.15, -0.1) is 0 Å². The molecule has 2 nitrogen and oxygen atoms in total. The predicted octanol–water partition coefficient (Wildman–Crippen LogP) is 3.52. The molecule has 1 aliphatic heterocycles. The number of hydrogen-bond acceptors (Lipinski definition) is 2. The number of nitrogens with zero attached hydrogens (tertiary/aromatic N) is 1. The van der Waals surface area contributed by atoms with E-state index >= 15 is 0 Å². The van der Waals surface area contributed by atoms with Gasteiger partial charge in [0.05, 0.1) is 11.2 Å². The van der Waals surface area contributed by atoms with E-state index in [1.807, 2.05) is 34.9 Å². The summed E-state index contributed by atoms with van der Waals surface area (Å²) in [6.07, 6.45) is 0. The Morgan fingerprint density at radius 1 is 1.06 bits per heavy atom. The van der Waals surface area contributed by atoms with E-state index in [4.69, 9.17) is 0 Å². The highest BCUT2D eigenvalue weighted by Crippen LogP contribution is 2.32. The molecule has 0 saturated heterocycles. The SMILES string of the molecule is O=C=S1C=NC(c2cccc3ccccc23)=C1. The molecule has 3 rings (SSSR count). The highest BCUT2D eigenvalue weighted by atomic mass is 32.2. The highest BCUT2D eigenvalue weighted by Gasteiger charge is 2.09. The van der Waals surface area contributed by atoms with E-state index in [-0.39, 0.29) is 0 Å². The van der Waals surface area contributed by atoms with Crippen LogP contribution in [-0.2, 0) is 4.79 Å². The van der Waals surface area contributed by atoms with Crippen LogP contribution in [0.5, 0.6) is 0 Å². The summed E-state index contributed by atoms with van der Waals surface area (Å²) in [5.74, 6) is 0. The first kappa shape index (κ1) is 10.2.